The number of aliphatic imine (C=N–C) groups is 1. The quantitative estimate of drug-likeness (QED) is 0.554. The second kappa shape index (κ2) is 8.00. The summed E-state index contributed by atoms with van der Waals surface area (Å²) in [6.07, 6.45) is 5.30. The van der Waals surface area contributed by atoms with E-state index in [2.05, 4.69) is 39.9 Å². The SMILES string of the molecule is CNC1(c2ccc(-n3cnc(Cl)c3)c(OC)c2)N=C(N)C2=C(N1)C(c1ccccc1)CC2. The normalized spacial score (nSPS) is 22.3. The number of nitrogens with zero attached hydrogens (tertiary/aromatic N) is 3. The van der Waals surface area contributed by atoms with Gasteiger partial charge in [0.2, 0.25) is 5.79 Å². The van der Waals surface area contributed by atoms with E-state index in [1.807, 2.05) is 35.9 Å². The van der Waals surface area contributed by atoms with Crippen LogP contribution in [0.5, 0.6) is 5.75 Å². The number of imidazole rings is 1. The van der Waals surface area contributed by atoms with E-state index in [4.69, 9.17) is 27.1 Å². The molecule has 2 atom stereocenters. The Bertz CT molecular complexity index is 1220. The summed E-state index contributed by atoms with van der Waals surface area (Å²) in [6.45, 7) is 0. The third-order valence-electron chi connectivity index (χ3n) is 6.26. The van der Waals surface area contributed by atoms with Crippen LogP contribution in [-0.4, -0.2) is 29.5 Å². The summed E-state index contributed by atoms with van der Waals surface area (Å²) in [5.41, 5.74) is 11.7. The largest absolute Gasteiger partial charge is 0.495 e. The van der Waals surface area contributed by atoms with E-state index in [1.54, 1.807) is 19.6 Å². The zero-order valence-corrected chi connectivity index (χ0v) is 18.7. The van der Waals surface area contributed by atoms with Gasteiger partial charge in [-0.25, -0.2) is 9.98 Å². The van der Waals surface area contributed by atoms with Crippen molar-refractivity contribution in [1.29, 1.82) is 0 Å². The number of rotatable bonds is 5. The fourth-order valence-corrected chi connectivity index (χ4v) is 4.79. The molecule has 1 aliphatic carbocycles. The maximum Gasteiger partial charge on any atom is 0.213 e. The number of benzene rings is 2. The lowest BCUT2D eigenvalue weighted by atomic mass is 9.94. The zero-order valence-electron chi connectivity index (χ0n) is 18.0. The van der Waals surface area contributed by atoms with Crippen molar-refractivity contribution in [3.05, 3.63) is 88.6 Å². The van der Waals surface area contributed by atoms with E-state index in [9.17, 15) is 0 Å². The van der Waals surface area contributed by atoms with Crippen molar-refractivity contribution in [3.8, 4) is 11.4 Å². The van der Waals surface area contributed by atoms with Crippen molar-refractivity contribution >= 4 is 17.4 Å². The van der Waals surface area contributed by atoms with Gasteiger partial charge >= 0.3 is 0 Å². The van der Waals surface area contributed by atoms with E-state index < -0.39 is 5.79 Å². The van der Waals surface area contributed by atoms with Crippen molar-refractivity contribution in [3.63, 3.8) is 0 Å². The average Bonchev–Trinajstić information content (AvgIpc) is 3.45. The molecule has 164 valence electrons. The van der Waals surface area contributed by atoms with Gasteiger partial charge in [-0.2, -0.15) is 0 Å². The maximum atomic E-state index is 6.50. The molecule has 0 saturated carbocycles. The van der Waals surface area contributed by atoms with Crippen LogP contribution in [0.4, 0.5) is 0 Å². The van der Waals surface area contributed by atoms with Crippen LogP contribution in [0.2, 0.25) is 5.15 Å². The van der Waals surface area contributed by atoms with E-state index in [-0.39, 0.29) is 5.92 Å². The molecule has 0 bridgehead atoms. The van der Waals surface area contributed by atoms with Gasteiger partial charge in [-0.05, 0) is 37.6 Å². The zero-order chi connectivity index (χ0) is 22.3. The van der Waals surface area contributed by atoms with Crippen molar-refractivity contribution in [2.24, 2.45) is 10.7 Å². The van der Waals surface area contributed by atoms with Crippen molar-refractivity contribution < 1.29 is 4.74 Å². The average molecular weight is 449 g/mol. The van der Waals surface area contributed by atoms with E-state index in [0.717, 1.165) is 35.4 Å². The molecule has 0 amide bonds. The lowest BCUT2D eigenvalue weighted by molar-refractivity contribution is 0.309. The highest BCUT2D eigenvalue weighted by Crippen LogP contribution is 2.43. The number of hydrogen-bond acceptors (Lipinski definition) is 6. The molecule has 3 aromatic rings. The standard InChI is InChI=1S/C24H25ClN6O/c1-27-24(16-8-11-19(20(12-16)32-2)31-13-21(25)28-14-31)29-22-17(15-6-4-3-5-7-15)9-10-18(22)23(26)30-24/h3-8,11-14,17,27,29H,9-10H2,1-2H3,(H2,26,30). The van der Waals surface area contributed by atoms with Gasteiger partial charge in [-0.3, -0.25) is 5.32 Å². The van der Waals surface area contributed by atoms with Crippen molar-refractivity contribution in [2.75, 3.05) is 14.2 Å². The number of methoxy groups -OCH3 is 1. The lowest BCUT2D eigenvalue weighted by Crippen LogP contribution is -2.54. The van der Waals surface area contributed by atoms with Gasteiger partial charge in [-0.1, -0.05) is 48.0 Å². The third kappa shape index (κ3) is 3.34. The first-order valence-electron chi connectivity index (χ1n) is 10.5. The third-order valence-corrected chi connectivity index (χ3v) is 6.46. The number of halogens is 1. The Labute approximate surface area is 192 Å². The van der Waals surface area contributed by atoms with Gasteiger partial charge in [-0.15, -0.1) is 0 Å². The van der Waals surface area contributed by atoms with Crippen LogP contribution >= 0.6 is 11.6 Å². The predicted octanol–water partition coefficient (Wildman–Crippen LogP) is 3.66. The molecule has 1 aliphatic heterocycles. The number of ether oxygens (including phenoxy) is 1. The molecule has 32 heavy (non-hydrogen) atoms. The van der Waals surface area contributed by atoms with Crippen molar-refractivity contribution in [2.45, 2.75) is 24.5 Å². The Hall–Kier alpha value is -3.29. The second-order valence-electron chi connectivity index (χ2n) is 7.97. The second-order valence-corrected chi connectivity index (χ2v) is 8.35. The summed E-state index contributed by atoms with van der Waals surface area (Å²) in [5, 5.41) is 7.47. The molecule has 1 aromatic heterocycles. The molecule has 4 N–H and O–H groups in total. The van der Waals surface area contributed by atoms with Crippen LogP contribution in [0.3, 0.4) is 0 Å². The molecule has 2 aliphatic rings. The summed E-state index contributed by atoms with van der Waals surface area (Å²) in [5.74, 6) is 0.587. The lowest BCUT2D eigenvalue weighted by Gasteiger charge is -2.38. The highest BCUT2D eigenvalue weighted by Gasteiger charge is 2.41. The van der Waals surface area contributed by atoms with Crippen LogP contribution in [0.15, 0.2) is 77.3 Å². The first-order valence-corrected chi connectivity index (χ1v) is 10.9. The monoisotopic (exact) mass is 448 g/mol. The highest BCUT2D eigenvalue weighted by molar-refractivity contribution is 6.29. The summed E-state index contributed by atoms with van der Waals surface area (Å²) in [6, 6.07) is 16.4. The van der Waals surface area contributed by atoms with Gasteiger partial charge in [0, 0.05) is 28.9 Å². The Balaban J connectivity index is 1.55. The van der Waals surface area contributed by atoms with Gasteiger partial charge in [0.05, 0.1) is 12.8 Å². The van der Waals surface area contributed by atoms with E-state index in [1.165, 1.54) is 5.56 Å². The topological polar surface area (TPSA) is 89.5 Å². The summed E-state index contributed by atoms with van der Waals surface area (Å²) in [7, 11) is 3.51. The fourth-order valence-electron chi connectivity index (χ4n) is 4.64. The van der Waals surface area contributed by atoms with Crippen LogP contribution < -0.4 is 21.1 Å². The molecule has 0 radical (unpaired) electrons. The first kappa shape index (κ1) is 20.6. The Kier molecular flexibility index (Phi) is 5.15. The predicted molar refractivity (Wildman–Crippen MR) is 126 cm³/mol. The minimum Gasteiger partial charge on any atom is -0.495 e. The number of aromatic nitrogens is 2. The minimum atomic E-state index is -0.904. The van der Waals surface area contributed by atoms with Crippen LogP contribution in [0.1, 0.15) is 29.9 Å². The Morgan fingerprint density at radius 2 is 2.06 bits per heavy atom. The Morgan fingerprint density at radius 3 is 2.75 bits per heavy atom. The maximum absolute atomic E-state index is 6.50. The number of allylic oxidation sites excluding steroid dienone is 1. The molecule has 5 rings (SSSR count). The van der Waals surface area contributed by atoms with Gasteiger partial charge < -0.3 is 20.4 Å². The number of nitrogens with two attached hydrogens (primary N) is 1. The van der Waals surface area contributed by atoms with Crippen LogP contribution in [-0.2, 0) is 5.79 Å². The number of amidine groups is 1. The molecule has 0 spiro atoms. The highest BCUT2D eigenvalue weighted by atomic mass is 35.5. The summed E-state index contributed by atoms with van der Waals surface area (Å²) in [4.78, 5) is 8.97. The molecule has 8 heteroatoms. The van der Waals surface area contributed by atoms with Gasteiger partial charge in [0.1, 0.15) is 23.1 Å². The first-order chi connectivity index (χ1) is 15.5. The number of hydrogen-bond donors (Lipinski definition) is 3. The van der Waals surface area contributed by atoms with Gasteiger partial charge in [0.25, 0.3) is 0 Å². The van der Waals surface area contributed by atoms with E-state index >= 15 is 0 Å². The molecule has 2 aromatic carbocycles. The van der Waals surface area contributed by atoms with Crippen molar-refractivity contribution in [1.82, 2.24) is 20.2 Å². The molecular formula is C24H25ClN6O. The Morgan fingerprint density at radius 1 is 1.25 bits per heavy atom. The van der Waals surface area contributed by atoms with E-state index in [0.29, 0.717) is 16.7 Å². The molecule has 7 nitrogen and oxygen atoms in total. The van der Waals surface area contributed by atoms with Gasteiger partial charge in [0.15, 0.2) is 0 Å². The fraction of sp³-hybridized carbons (Fsp3) is 0.250. The minimum absolute atomic E-state index is 0.252. The summed E-state index contributed by atoms with van der Waals surface area (Å²) >= 11 is 6.01. The molecule has 2 unspecified atom stereocenters. The molecule has 2 heterocycles. The summed E-state index contributed by atoms with van der Waals surface area (Å²) < 4.78 is 7.52. The van der Waals surface area contributed by atoms with Crippen LogP contribution in [0, 0.1) is 0 Å². The molecule has 0 fully saturated rings. The molecular weight excluding hydrogens is 424 g/mol. The van der Waals surface area contributed by atoms with Crippen LogP contribution in [0.25, 0.3) is 5.69 Å². The number of nitrogens with one attached hydrogen (secondary N) is 2. The molecule has 0 saturated heterocycles. The smallest absolute Gasteiger partial charge is 0.213 e.